The SMILES string of the molecule is CC(C)(C)c1cc[cH-]c1.CC1=C[CH-]C(C)(C)c2cc3c(cc21)-c1cc2c(cc1C3)C(C)(C)CC=C2C.C[C](=[Zr+2])c1ccccc1.[Cl-].[Cl-]. The van der Waals surface area contributed by atoms with Gasteiger partial charge in [-0.25, -0.2) is 18.6 Å². The van der Waals surface area contributed by atoms with Crippen LogP contribution in [0.4, 0.5) is 0 Å². The summed E-state index contributed by atoms with van der Waals surface area (Å²) in [6.45, 7) is 22.8. The van der Waals surface area contributed by atoms with Gasteiger partial charge < -0.3 is 24.8 Å². The van der Waals surface area contributed by atoms with Crippen molar-refractivity contribution in [3.8, 4) is 11.1 Å². The fourth-order valence-corrected chi connectivity index (χ4v) is 7.15. The second-order valence-electron chi connectivity index (χ2n) is 15.4. The topological polar surface area (TPSA) is 0 Å². The van der Waals surface area contributed by atoms with E-state index in [1.54, 1.807) is 0 Å². The van der Waals surface area contributed by atoms with Crippen molar-refractivity contribution in [3.63, 3.8) is 0 Å². The quantitative estimate of drug-likeness (QED) is 0.193. The van der Waals surface area contributed by atoms with E-state index in [0.29, 0.717) is 5.41 Å². The average molecular weight is 741 g/mol. The molecule has 246 valence electrons. The molecule has 3 heteroatoms. The molecule has 0 bridgehead atoms. The molecule has 4 aromatic rings. The maximum Gasteiger partial charge on any atom is -1.00 e. The Labute approximate surface area is 312 Å². The minimum absolute atomic E-state index is 0. The summed E-state index contributed by atoms with van der Waals surface area (Å²) in [5.41, 5.74) is 18.1. The number of benzene rings is 3. The second kappa shape index (κ2) is 15.1. The second-order valence-corrected chi connectivity index (χ2v) is 17.3. The third kappa shape index (κ3) is 8.47. The van der Waals surface area contributed by atoms with Gasteiger partial charge in [0, 0.05) is 0 Å². The van der Waals surface area contributed by atoms with Crippen LogP contribution in [0.25, 0.3) is 22.3 Å². The molecule has 0 heterocycles. The van der Waals surface area contributed by atoms with Gasteiger partial charge in [0.2, 0.25) is 0 Å². The van der Waals surface area contributed by atoms with Gasteiger partial charge >= 0.3 is 70.3 Å². The van der Waals surface area contributed by atoms with E-state index in [0.717, 1.165) is 12.8 Å². The number of hydrogen-bond acceptors (Lipinski definition) is 0. The van der Waals surface area contributed by atoms with Crippen molar-refractivity contribution in [2.24, 2.45) is 0 Å². The Morgan fingerprint density at radius 2 is 1.34 bits per heavy atom. The molecule has 0 nitrogen and oxygen atoms in total. The maximum atomic E-state index is 2.51. The van der Waals surface area contributed by atoms with Crippen molar-refractivity contribution in [2.45, 2.75) is 98.3 Å². The first-order chi connectivity index (χ1) is 21.1. The van der Waals surface area contributed by atoms with Crippen LogP contribution in [0.2, 0.25) is 0 Å². The molecule has 0 amide bonds. The Morgan fingerprint density at radius 3 is 1.83 bits per heavy atom. The zero-order valence-corrected chi connectivity index (χ0v) is 33.9. The van der Waals surface area contributed by atoms with E-state index in [4.69, 9.17) is 0 Å². The van der Waals surface area contributed by atoms with Crippen LogP contribution in [-0.2, 0) is 46.9 Å². The normalized spacial score (nSPS) is 15.8. The van der Waals surface area contributed by atoms with Crippen LogP contribution < -0.4 is 24.8 Å². The van der Waals surface area contributed by atoms with E-state index in [1.165, 1.54) is 94.2 Å². The molecule has 7 rings (SSSR count). The van der Waals surface area contributed by atoms with Gasteiger partial charge in [0.25, 0.3) is 0 Å². The van der Waals surface area contributed by atoms with Gasteiger partial charge in [-0.2, -0.15) is 29.3 Å². The number of fused-ring (bicyclic) bond motifs is 5. The molecule has 0 fully saturated rings. The van der Waals surface area contributed by atoms with E-state index in [-0.39, 0.29) is 35.6 Å². The van der Waals surface area contributed by atoms with Crippen LogP contribution in [0.1, 0.15) is 120 Å². The minimum Gasteiger partial charge on any atom is -1.00 e. The Balaban J connectivity index is 0.000000248. The average Bonchev–Trinajstić information content (AvgIpc) is 3.66. The largest absolute Gasteiger partial charge is 1.00 e. The summed E-state index contributed by atoms with van der Waals surface area (Å²) in [4.78, 5) is 0. The summed E-state index contributed by atoms with van der Waals surface area (Å²) >= 11 is 1.51. The van der Waals surface area contributed by atoms with E-state index in [2.05, 4.69) is 161 Å². The van der Waals surface area contributed by atoms with Crippen molar-refractivity contribution < 1.29 is 49.0 Å². The molecule has 0 spiro atoms. The van der Waals surface area contributed by atoms with Gasteiger partial charge in [-0.05, 0) is 70.2 Å². The number of allylic oxidation sites excluding steroid dienone is 4. The first-order valence-corrected chi connectivity index (χ1v) is 17.7. The van der Waals surface area contributed by atoms with Crippen LogP contribution >= 0.6 is 0 Å². The van der Waals surface area contributed by atoms with E-state index in [1.807, 2.05) is 6.07 Å². The van der Waals surface area contributed by atoms with Crippen LogP contribution in [0.5, 0.6) is 0 Å². The van der Waals surface area contributed by atoms with Gasteiger partial charge in [0.05, 0.1) is 0 Å². The monoisotopic (exact) mass is 738 g/mol. The molecule has 3 aliphatic carbocycles. The van der Waals surface area contributed by atoms with Gasteiger partial charge in [-0.15, -0.1) is 12.5 Å². The standard InChI is InChI=1S/C27H29.C9H13.C8H8.2ClH.Zr/c1-16-7-9-26(3,4)24-12-18-11-19-13-25-21(17(2)8-10-27(25,5)6)15-23(19)22(18)14-20(16)24;1-9(2,3)8-6-4-5-7-8;1-2-8-6-4-3-5-7-8;;;/h7-9,12-15H,10-11H2,1-6H3;4-7H,1-3H3;3-7H,1H3;2*1H;/q2*-1;;;;+2/p-2. The van der Waals surface area contributed by atoms with Crippen LogP contribution in [0.3, 0.4) is 0 Å². The first-order valence-electron chi connectivity index (χ1n) is 16.5. The summed E-state index contributed by atoms with van der Waals surface area (Å²) in [6, 6.07) is 28.9. The Kier molecular flexibility index (Phi) is 12.5. The molecule has 4 aromatic carbocycles. The zero-order chi connectivity index (χ0) is 32.7. The molecule has 0 aromatic heterocycles. The minimum atomic E-state index is 0. The summed E-state index contributed by atoms with van der Waals surface area (Å²) in [5, 5.41) is 0. The predicted octanol–water partition coefficient (Wildman–Crippen LogP) is 5.73. The van der Waals surface area contributed by atoms with Crippen LogP contribution in [-0.4, -0.2) is 3.21 Å². The molecule has 0 atom stereocenters. The Morgan fingerprint density at radius 1 is 0.766 bits per heavy atom. The molecule has 47 heavy (non-hydrogen) atoms. The van der Waals surface area contributed by atoms with Gasteiger partial charge in [-0.1, -0.05) is 89.1 Å². The zero-order valence-electron chi connectivity index (χ0n) is 29.9. The summed E-state index contributed by atoms with van der Waals surface area (Å²) < 4.78 is 1.46. The molecule has 0 N–H and O–H groups in total. The molecular weight excluding hydrogens is 691 g/mol. The molecule has 0 aliphatic heterocycles. The van der Waals surface area contributed by atoms with Crippen molar-refractivity contribution in [1.29, 1.82) is 0 Å². The third-order valence-electron chi connectivity index (χ3n) is 9.83. The number of hydrogen-bond donors (Lipinski definition) is 0. The van der Waals surface area contributed by atoms with Crippen molar-refractivity contribution >= 4 is 14.4 Å². The van der Waals surface area contributed by atoms with E-state index in [9.17, 15) is 0 Å². The fourth-order valence-electron chi connectivity index (χ4n) is 6.74. The van der Waals surface area contributed by atoms with Crippen molar-refractivity contribution in [3.05, 3.63) is 142 Å². The molecule has 3 aliphatic rings. The maximum absolute atomic E-state index is 2.51. The molecule has 0 radical (unpaired) electrons. The predicted molar refractivity (Wildman–Crippen MR) is 194 cm³/mol. The third-order valence-corrected chi connectivity index (χ3v) is 10.5. The van der Waals surface area contributed by atoms with E-state index < -0.39 is 0 Å². The van der Waals surface area contributed by atoms with Crippen molar-refractivity contribution in [2.75, 3.05) is 0 Å². The molecule has 0 saturated heterocycles. The first kappa shape index (κ1) is 39.1. The van der Waals surface area contributed by atoms with E-state index >= 15 is 0 Å². The van der Waals surface area contributed by atoms with Crippen LogP contribution in [0, 0.1) is 6.42 Å². The summed E-state index contributed by atoms with van der Waals surface area (Å²) in [7, 11) is 0. The van der Waals surface area contributed by atoms with Gasteiger partial charge in [-0.3, -0.25) is 0 Å². The van der Waals surface area contributed by atoms with Gasteiger partial charge in [0.15, 0.2) is 0 Å². The summed E-state index contributed by atoms with van der Waals surface area (Å²) in [6.07, 6.45) is 9.28. The molecular formula is C44H50Cl2Zr-2. The number of halogens is 2. The molecule has 0 saturated carbocycles. The number of rotatable bonds is 1. The van der Waals surface area contributed by atoms with Crippen LogP contribution in [0.15, 0.2) is 91.0 Å². The smallest absolute Gasteiger partial charge is 1.00 e. The van der Waals surface area contributed by atoms with Crippen molar-refractivity contribution in [1.82, 2.24) is 0 Å². The fraction of sp³-hybridized carbons (Fsp3) is 0.341. The summed E-state index contributed by atoms with van der Waals surface area (Å²) in [5.74, 6) is 0. The van der Waals surface area contributed by atoms with Gasteiger partial charge in [0.1, 0.15) is 0 Å². The Hall–Kier alpha value is -2.31. The molecule has 0 unspecified atom stereocenters. The Bertz CT molecular complexity index is 1690.